The molecule has 0 spiro atoms. The largest absolute Gasteiger partial charge is 0.0870 e. The minimum atomic E-state index is 1.04. The molecule has 0 fully saturated rings. The van der Waals surface area contributed by atoms with Crippen LogP contribution < -0.4 is 0 Å². The van der Waals surface area contributed by atoms with Crippen LogP contribution in [0.4, 0.5) is 0 Å². The van der Waals surface area contributed by atoms with Gasteiger partial charge in [0.25, 0.3) is 0 Å². The molecular weight excluding hydrogens is 180 g/mol. The van der Waals surface area contributed by atoms with Crippen LogP contribution in [0.5, 0.6) is 0 Å². The Kier molecular flexibility index (Phi) is 2.86. The molecule has 0 aliphatic heterocycles. The average Bonchev–Trinajstić information content (AvgIpc) is 2.42. The van der Waals surface area contributed by atoms with Crippen LogP contribution in [0.25, 0.3) is 17.7 Å². The number of hydrogen-bond acceptors (Lipinski definition) is 0. The summed E-state index contributed by atoms with van der Waals surface area (Å²) < 4.78 is 0. The predicted molar refractivity (Wildman–Crippen MR) is 68.5 cm³/mol. The lowest BCUT2D eigenvalue weighted by molar-refractivity contribution is 1.41. The molecule has 1 aliphatic rings. The summed E-state index contributed by atoms with van der Waals surface area (Å²) in [6, 6.07) is 6.48. The molecule has 1 aliphatic carbocycles. The first-order valence-corrected chi connectivity index (χ1v) is 5.42. The average molecular weight is 196 g/mol. The van der Waals surface area contributed by atoms with Crippen LogP contribution in [-0.4, -0.2) is 0 Å². The Balaban J connectivity index is 2.66. The van der Waals surface area contributed by atoms with Crippen molar-refractivity contribution in [3.05, 3.63) is 53.1 Å². The summed E-state index contributed by atoms with van der Waals surface area (Å²) in [6.45, 7) is 4.25. The molecule has 0 bridgehead atoms. The molecule has 1 aromatic carbocycles. The maximum atomic E-state index is 2.29. The molecule has 0 nitrogen and oxygen atoms in total. The van der Waals surface area contributed by atoms with E-state index in [-0.39, 0.29) is 0 Å². The van der Waals surface area contributed by atoms with Crippen LogP contribution in [-0.2, 0) is 0 Å². The van der Waals surface area contributed by atoms with Crippen molar-refractivity contribution in [1.82, 2.24) is 0 Å². The van der Waals surface area contributed by atoms with Gasteiger partial charge in [0.2, 0.25) is 0 Å². The molecule has 76 valence electrons. The van der Waals surface area contributed by atoms with Crippen LogP contribution in [0.1, 0.15) is 37.0 Å². The number of hydrogen-bond donors (Lipinski definition) is 0. The predicted octanol–water partition coefficient (Wildman–Crippen LogP) is 4.54. The highest BCUT2D eigenvalue weighted by atomic mass is 14.1. The number of allylic oxidation sites excluding steroid dienone is 4. The van der Waals surface area contributed by atoms with Gasteiger partial charge in [-0.25, -0.2) is 0 Å². The van der Waals surface area contributed by atoms with Gasteiger partial charge < -0.3 is 0 Å². The molecule has 0 N–H and O–H groups in total. The van der Waals surface area contributed by atoms with Gasteiger partial charge in [-0.1, -0.05) is 48.6 Å². The van der Waals surface area contributed by atoms with E-state index < -0.39 is 0 Å². The second-order valence-corrected chi connectivity index (χ2v) is 3.84. The van der Waals surface area contributed by atoms with Crippen molar-refractivity contribution in [3.8, 4) is 0 Å². The van der Waals surface area contributed by atoms with E-state index in [1.165, 1.54) is 22.3 Å². The SMILES string of the molecule is CC=Cc1cccc2c1C(C)=CCC=C2. The first-order valence-electron chi connectivity index (χ1n) is 5.42. The third kappa shape index (κ3) is 1.94. The third-order valence-electron chi connectivity index (χ3n) is 2.73. The molecule has 2 rings (SSSR count). The van der Waals surface area contributed by atoms with Gasteiger partial charge in [-0.15, -0.1) is 0 Å². The summed E-state index contributed by atoms with van der Waals surface area (Å²) in [5.41, 5.74) is 5.40. The summed E-state index contributed by atoms with van der Waals surface area (Å²) in [6.07, 6.45) is 12.0. The highest BCUT2D eigenvalue weighted by molar-refractivity contribution is 5.81. The minimum absolute atomic E-state index is 1.04. The fourth-order valence-corrected chi connectivity index (χ4v) is 2.04. The Morgan fingerprint density at radius 2 is 2.13 bits per heavy atom. The van der Waals surface area contributed by atoms with Gasteiger partial charge in [-0.3, -0.25) is 0 Å². The van der Waals surface area contributed by atoms with Crippen molar-refractivity contribution in [3.63, 3.8) is 0 Å². The lowest BCUT2D eigenvalue weighted by Gasteiger charge is -2.09. The molecule has 0 radical (unpaired) electrons. The van der Waals surface area contributed by atoms with Crippen LogP contribution in [0.3, 0.4) is 0 Å². The van der Waals surface area contributed by atoms with Crippen molar-refractivity contribution in [2.75, 3.05) is 0 Å². The second-order valence-electron chi connectivity index (χ2n) is 3.84. The van der Waals surface area contributed by atoms with Gasteiger partial charge in [0.1, 0.15) is 0 Å². The maximum Gasteiger partial charge on any atom is -0.00854 e. The van der Waals surface area contributed by atoms with E-state index in [0.29, 0.717) is 0 Å². The molecule has 0 amide bonds. The first kappa shape index (κ1) is 9.97. The zero-order valence-corrected chi connectivity index (χ0v) is 9.33. The van der Waals surface area contributed by atoms with Crippen LogP contribution >= 0.6 is 0 Å². The molecule has 0 heteroatoms. The molecule has 0 atom stereocenters. The van der Waals surface area contributed by atoms with Crippen molar-refractivity contribution in [2.45, 2.75) is 20.3 Å². The van der Waals surface area contributed by atoms with Crippen LogP contribution in [0, 0.1) is 0 Å². The van der Waals surface area contributed by atoms with E-state index in [2.05, 4.69) is 62.4 Å². The molecule has 1 aromatic rings. The maximum absolute atomic E-state index is 2.29. The monoisotopic (exact) mass is 196 g/mol. The van der Waals surface area contributed by atoms with Crippen molar-refractivity contribution < 1.29 is 0 Å². The highest BCUT2D eigenvalue weighted by Gasteiger charge is 2.07. The zero-order chi connectivity index (χ0) is 10.7. The lowest BCUT2D eigenvalue weighted by Crippen LogP contribution is -1.89. The van der Waals surface area contributed by atoms with Gasteiger partial charge >= 0.3 is 0 Å². The number of rotatable bonds is 1. The van der Waals surface area contributed by atoms with Crippen LogP contribution in [0.15, 0.2) is 36.4 Å². The Morgan fingerprint density at radius 3 is 2.93 bits per heavy atom. The molecule has 0 saturated carbocycles. The quantitative estimate of drug-likeness (QED) is 0.618. The Morgan fingerprint density at radius 1 is 1.27 bits per heavy atom. The van der Waals surface area contributed by atoms with E-state index in [1.807, 2.05) is 0 Å². The molecule has 0 aromatic heterocycles. The summed E-state index contributed by atoms with van der Waals surface area (Å²) >= 11 is 0. The highest BCUT2D eigenvalue weighted by Crippen LogP contribution is 2.28. The van der Waals surface area contributed by atoms with E-state index >= 15 is 0 Å². The summed E-state index contributed by atoms with van der Waals surface area (Å²) in [5.74, 6) is 0. The van der Waals surface area contributed by atoms with E-state index in [4.69, 9.17) is 0 Å². The molecular formula is C15H16. The van der Waals surface area contributed by atoms with Gasteiger partial charge in [0.15, 0.2) is 0 Å². The van der Waals surface area contributed by atoms with Crippen molar-refractivity contribution in [1.29, 1.82) is 0 Å². The van der Waals surface area contributed by atoms with Crippen molar-refractivity contribution in [2.24, 2.45) is 0 Å². The van der Waals surface area contributed by atoms with Gasteiger partial charge in [-0.05, 0) is 42.5 Å². The van der Waals surface area contributed by atoms with Crippen molar-refractivity contribution >= 4 is 17.7 Å². The third-order valence-corrected chi connectivity index (χ3v) is 2.73. The summed E-state index contributed by atoms with van der Waals surface area (Å²) in [7, 11) is 0. The molecule has 0 unspecified atom stereocenters. The Labute approximate surface area is 91.6 Å². The van der Waals surface area contributed by atoms with Gasteiger partial charge in [0, 0.05) is 0 Å². The van der Waals surface area contributed by atoms with E-state index in [0.717, 1.165) is 6.42 Å². The van der Waals surface area contributed by atoms with E-state index in [9.17, 15) is 0 Å². The Hall–Kier alpha value is -1.56. The first-order chi connectivity index (χ1) is 7.33. The summed E-state index contributed by atoms with van der Waals surface area (Å²) in [5, 5.41) is 0. The zero-order valence-electron chi connectivity index (χ0n) is 9.33. The van der Waals surface area contributed by atoms with Gasteiger partial charge in [0.05, 0.1) is 0 Å². The topological polar surface area (TPSA) is 0 Å². The smallest absolute Gasteiger partial charge is 0.00854 e. The second kappa shape index (κ2) is 4.31. The lowest BCUT2D eigenvalue weighted by atomic mass is 9.95. The number of benzene rings is 1. The van der Waals surface area contributed by atoms with Gasteiger partial charge in [-0.2, -0.15) is 0 Å². The molecule has 15 heavy (non-hydrogen) atoms. The molecule has 0 heterocycles. The fourth-order valence-electron chi connectivity index (χ4n) is 2.04. The normalized spacial score (nSPS) is 14.9. The summed E-state index contributed by atoms with van der Waals surface area (Å²) in [4.78, 5) is 0. The fraction of sp³-hybridized carbons (Fsp3) is 0.200. The number of fused-ring (bicyclic) bond motifs is 1. The minimum Gasteiger partial charge on any atom is -0.0870 e. The Bertz CT molecular complexity index is 445. The van der Waals surface area contributed by atoms with Crippen LogP contribution in [0.2, 0.25) is 0 Å². The van der Waals surface area contributed by atoms with E-state index in [1.54, 1.807) is 0 Å². The standard InChI is InChI=1S/C15H16/c1-3-7-13-10-6-11-14-9-5-4-8-12(2)15(13)14/h3,5-11H,4H2,1-2H3. The molecule has 0 saturated heterocycles.